The molecule has 6 heteroatoms. The molecule has 1 aliphatic rings. The molecule has 0 unspecified atom stereocenters. The van der Waals surface area contributed by atoms with E-state index in [0.29, 0.717) is 12.8 Å². The van der Waals surface area contributed by atoms with Crippen molar-refractivity contribution >= 4 is 0 Å². The highest BCUT2D eigenvalue weighted by atomic mass is 19.1. The maximum atomic E-state index is 13.4. The first-order chi connectivity index (χ1) is 14.2. The first-order valence-corrected chi connectivity index (χ1v) is 9.28. The van der Waals surface area contributed by atoms with Gasteiger partial charge in [0.15, 0.2) is 0 Å². The molecule has 0 radical (unpaired) electrons. The maximum absolute atomic E-state index is 13.4. The van der Waals surface area contributed by atoms with Crippen LogP contribution in [0.5, 0.6) is 0 Å². The van der Waals surface area contributed by atoms with Crippen LogP contribution in [0.25, 0.3) is 11.4 Å². The van der Waals surface area contributed by atoms with Gasteiger partial charge in [0.1, 0.15) is 0 Å². The molecule has 142 valence electrons. The summed E-state index contributed by atoms with van der Waals surface area (Å²) in [5.41, 5.74) is 5.07. The molecular weight excluding hydrogens is 370 g/mol. The van der Waals surface area contributed by atoms with E-state index in [0.717, 1.165) is 33.6 Å². The van der Waals surface area contributed by atoms with Crippen molar-refractivity contribution in [1.29, 1.82) is 0 Å². The average molecular weight is 386 g/mol. The minimum Gasteiger partial charge on any atom is -0.254 e. The minimum atomic E-state index is -0.513. The molecule has 5 rings (SSSR count). The van der Waals surface area contributed by atoms with Gasteiger partial charge in [-0.2, -0.15) is 8.78 Å². The van der Waals surface area contributed by atoms with Crippen molar-refractivity contribution in [2.75, 3.05) is 0 Å². The highest BCUT2D eigenvalue weighted by Crippen LogP contribution is 2.50. The van der Waals surface area contributed by atoms with Gasteiger partial charge in [-0.05, 0) is 59.4 Å². The fourth-order valence-electron chi connectivity index (χ4n) is 4.27. The lowest BCUT2D eigenvalue weighted by Gasteiger charge is -2.32. The standard InChI is InChI=1S/C23H16F2N4/c24-19-7-5-15(13-28-19)11-23(12-16-6-8-20(25)29-14-16)17-3-1-9-26-21(17)22-18(23)4-2-10-27-22/h1-10,13-14H,11-12H2. The van der Waals surface area contributed by atoms with Gasteiger partial charge in [-0.3, -0.25) is 9.97 Å². The van der Waals surface area contributed by atoms with Crippen LogP contribution in [-0.4, -0.2) is 19.9 Å². The molecule has 1 aliphatic carbocycles. The lowest BCUT2D eigenvalue weighted by atomic mass is 9.70. The Balaban J connectivity index is 1.71. The molecule has 0 aromatic carbocycles. The largest absolute Gasteiger partial charge is 0.254 e. The Kier molecular flexibility index (Phi) is 4.12. The molecule has 4 aromatic rings. The van der Waals surface area contributed by atoms with Crippen LogP contribution in [-0.2, 0) is 18.3 Å². The molecule has 0 atom stereocenters. The van der Waals surface area contributed by atoms with Crippen LogP contribution < -0.4 is 0 Å². The Morgan fingerprint density at radius 3 is 1.52 bits per heavy atom. The average Bonchev–Trinajstić information content (AvgIpc) is 3.02. The first kappa shape index (κ1) is 17.6. The molecule has 0 saturated heterocycles. The summed E-state index contributed by atoms with van der Waals surface area (Å²) in [6.45, 7) is 0. The van der Waals surface area contributed by atoms with E-state index in [1.165, 1.54) is 12.1 Å². The Morgan fingerprint density at radius 2 is 1.10 bits per heavy atom. The summed E-state index contributed by atoms with van der Waals surface area (Å²) in [6, 6.07) is 14.2. The number of hydrogen-bond acceptors (Lipinski definition) is 4. The molecular formula is C23H16F2N4. The zero-order valence-electron chi connectivity index (χ0n) is 15.4. The van der Waals surface area contributed by atoms with Crippen LogP contribution in [0.2, 0.25) is 0 Å². The van der Waals surface area contributed by atoms with E-state index < -0.39 is 17.3 Å². The number of rotatable bonds is 4. The predicted octanol–water partition coefficient (Wildman–Crippen LogP) is 4.30. The maximum Gasteiger partial charge on any atom is 0.212 e. The van der Waals surface area contributed by atoms with E-state index in [1.807, 2.05) is 12.1 Å². The smallest absolute Gasteiger partial charge is 0.212 e. The zero-order chi connectivity index (χ0) is 19.8. The second kappa shape index (κ2) is 6.81. The van der Waals surface area contributed by atoms with Gasteiger partial charge in [-0.1, -0.05) is 24.3 Å². The van der Waals surface area contributed by atoms with E-state index in [1.54, 1.807) is 36.9 Å². The van der Waals surface area contributed by atoms with E-state index in [9.17, 15) is 8.78 Å². The highest BCUT2D eigenvalue weighted by Gasteiger charge is 2.44. The van der Waals surface area contributed by atoms with Crippen molar-refractivity contribution in [3.05, 3.63) is 107 Å². The van der Waals surface area contributed by atoms with Gasteiger partial charge in [-0.25, -0.2) is 9.97 Å². The van der Waals surface area contributed by atoms with Gasteiger partial charge >= 0.3 is 0 Å². The molecule has 0 bridgehead atoms. The van der Waals surface area contributed by atoms with Crippen molar-refractivity contribution in [3.63, 3.8) is 0 Å². The monoisotopic (exact) mass is 386 g/mol. The predicted molar refractivity (Wildman–Crippen MR) is 104 cm³/mol. The summed E-state index contributed by atoms with van der Waals surface area (Å²) in [7, 11) is 0. The SMILES string of the molecule is Fc1ccc(CC2(Cc3ccc(F)nc3)c3cccnc3-c3ncccc32)cn1. The topological polar surface area (TPSA) is 51.6 Å². The van der Waals surface area contributed by atoms with E-state index in [4.69, 9.17) is 0 Å². The highest BCUT2D eigenvalue weighted by molar-refractivity contribution is 5.75. The van der Waals surface area contributed by atoms with Crippen LogP contribution in [0.1, 0.15) is 22.3 Å². The third kappa shape index (κ3) is 2.97. The fourth-order valence-corrected chi connectivity index (χ4v) is 4.27. The summed E-state index contributed by atoms with van der Waals surface area (Å²) in [6.07, 6.45) is 7.79. The van der Waals surface area contributed by atoms with Crippen molar-refractivity contribution in [1.82, 2.24) is 19.9 Å². The van der Waals surface area contributed by atoms with Crippen molar-refractivity contribution in [2.45, 2.75) is 18.3 Å². The molecule has 0 fully saturated rings. The van der Waals surface area contributed by atoms with E-state index >= 15 is 0 Å². The summed E-state index contributed by atoms with van der Waals surface area (Å²) in [5, 5.41) is 0. The Bertz CT molecular complexity index is 1080. The molecule has 4 aromatic heterocycles. The molecule has 0 N–H and O–H groups in total. The summed E-state index contributed by atoms with van der Waals surface area (Å²) < 4.78 is 26.8. The Hall–Kier alpha value is -3.54. The minimum absolute atomic E-state index is 0.494. The van der Waals surface area contributed by atoms with Crippen LogP contribution in [0.15, 0.2) is 73.3 Å². The van der Waals surface area contributed by atoms with Gasteiger partial charge in [0.2, 0.25) is 11.9 Å². The summed E-state index contributed by atoms with van der Waals surface area (Å²) in [4.78, 5) is 16.8. The Labute approximate surface area is 166 Å². The fraction of sp³-hybridized carbons (Fsp3) is 0.130. The normalized spacial score (nSPS) is 13.7. The number of fused-ring (bicyclic) bond motifs is 3. The lowest BCUT2D eigenvalue weighted by Crippen LogP contribution is -2.31. The van der Waals surface area contributed by atoms with Crippen LogP contribution in [0.3, 0.4) is 0 Å². The van der Waals surface area contributed by atoms with Crippen LogP contribution in [0, 0.1) is 11.9 Å². The van der Waals surface area contributed by atoms with Crippen molar-refractivity contribution < 1.29 is 8.78 Å². The third-order valence-electron chi connectivity index (χ3n) is 5.46. The molecule has 0 amide bonds. The lowest BCUT2D eigenvalue weighted by molar-refractivity contribution is 0.511. The molecule has 4 heterocycles. The van der Waals surface area contributed by atoms with Gasteiger partial charge in [-0.15, -0.1) is 0 Å². The first-order valence-electron chi connectivity index (χ1n) is 9.28. The van der Waals surface area contributed by atoms with Gasteiger partial charge in [0.05, 0.1) is 11.4 Å². The molecule has 29 heavy (non-hydrogen) atoms. The zero-order valence-corrected chi connectivity index (χ0v) is 15.4. The number of hydrogen-bond donors (Lipinski definition) is 0. The molecule has 4 nitrogen and oxygen atoms in total. The number of aromatic nitrogens is 4. The second-order valence-corrected chi connectivity index (χ2v) is 7.21. The van der Waals surface area contributed by atoms with Crippen LogP contribution >= 0.6 is 0 Å². The number of pyridine rings is 4. The quantitative estimate of drug-likeness (QED) is 0.491. The van der Waals surface area contributed by atoms with Crippen LogP contribution in [0.4, 0.5) is 8.78 Å². The number of halogens is 2. The van der Waals surface area contributed by atoms with E-state index in [2.05, 4.69) is 32.1 Å². The number of nitrogens with zero attached hydrogens (tertiary/aromatic N) is 4. The van der Waals surface area contributed by atoms with Crippen molar-refractivity contribution in [2.24, 2.45) is 0 Å². The summed E-state index contributed by atoms with van der Waals surface area (Å²) in [5.74, 6) is -1.03. The van der Waals surface area contributed by atoms with Gasteiger partial charge in [0.25, 0.3) is 0 Å². The Morgan fingerprint density at radius 1 is 0.621 bits per heavy atom. The second-order valence-electron chi connectivity index (χ2n) is 7.21. The molecule has 0 saturated carbocycles. The molecule has 0 aliphatic heterocycles. The van der Waals surface area contributed by atoms with Gasteiger partial charge < -0.3 is 0 Å². The third-order valence-corrected chi connectivity index (χ3v) is 5.46. The van der Waals surface area contributed by atoms with E-state index in [-0.39, 0.29) is 0 Å². The summed E-state index contributed by atoms with van der Waals surface area (Å²) >= 11 is 0. The van der Waals surface area contributed by atoms with Gasteiger partial charge in [0, 0.05) is 30.2 Å². The van der Waals surface area contributed by atoms with Crippen molar-refractivity contribution in [3.8, 4) is 11.4 Å². The molecule has 0 spiro atoms.